The quantitative estimate of drug-likeness (QED) is 0.723. The Morgan fingerprint density at radius 3 is 2.32 bits per heavy atom. The SMILES string of the molecule is CC(C)(C(=O)OCC(=O)Nc1ccccc1C(=O)NC1CC1)c1ccccc1. The van der Waals surface area contributed by atoms with Gasteiger partial charge in [-0.15, -0.1) is 0 Å². The monoisotopic (exact) mass is 380 g/mol. The molecule has 2 aromatic carbocycles. The maximum Gasteiger partial charge on any atom is 0.316 e. The van der Waals surface area contributed by atoms with E-state index in [0.29, 0.717) is 11.3 Å². The first-order chi connectivity index (χ1) is 13.4. The number of rotatable bonds is 7. The number of amides is 2. The molecule has 2 aromatic rings. The van der Waals surface area contributed by atoms with Gasteiger partial charge in [-0.05, 0) is 44.4 Å². The summed E-state index contributed by atoms with van der Waals surface area (Å²) < 4.78 is 5.22. The maximum absolute atomic E-state index is 12.5. The fraction of sp³-hybridized carbons (Fsp3) is 0.318. The molecule has 0 radical (unpaired) electrons. The lowest BCUT2D eigenvalue weighted by Gasteiger charge is -2.23. The second-order valence-electron chi connectivity index (χ2n) is 7.41. The molecule has 0 saturated heterocycles. The number of esters is 1. The van der Waals surface area contributed by atoms with Gasteiger partial charge in [-0.1, -0.05) is 42.5 Å². The molecule has 1 aliphatic rings. The number of carbonyl (C=O) groups is 3. The third kappa shape index (κ3) is 4.76. The van der Waals surface area contributed by atoms with Gasteiger partial charge in [0, 0.05) is 6.04 Å². The molecule has 0 atom stereocenters. The molecule has 0 aliphatic heterocycles. The summed E-state index contributed by atoms with van der Waals surface area (Å²) in [5.41, 5.74) is 0.717. The van der Waals surface area contributed by atoms with Gasteiger partial charge in [0.1, 0.15) is 0 Å². The van der Waals surface area contributed by atoms with Gasteiger partial charge in [0.2, 0.25) is 0 Å². The van der Waals surface area contributed by atoms with E-state index >= 15 is 0 Å². The van der Waals surface area contributed by atoms with Gasteiger partial charge in [-0.2, -0.15) is 0 Å². The zero-order valence-corrected chi connectivity index (χ0v) is 16.0. The van der Waals surface area contributed by atoms with E-state index in [1.807, 2.05) is 30.3 Å². The molecule has 0 spiro atoms. The molecule has 0 aromatic heterocycles. The lowest BCUT2D eigenvalue weighted by Crippen LogP contribution is -2.33. The van der Waals surface area contributed by atoms with Crippen LogP contribution in [0.1, 0.15) is 42.6 Å². The van der Waals surface area contributed by atoms with Crippen molar-refractivity contribution < 1.29 is 19.1 Å². The van der Waals surface area contributed by atoms with Gasteiger partial charge in [-0.25, -0.2) is 0 Å². The highest BCUT2D eigenvalue weighted by Gasteiger charge is 2.32. The number of anilines is 1. The van der Waals surface area contributed by atoms with E-state index in [2.05, 4.69) is 10.6 Å². The van der Waals surface area contributed by atoms with Gasteiger partial charge in [0.15, 0.2) is 6.61 Å². The molecule has 2 amide bonds. The summed E-state index contributed by atoms with van der Waals surface area (Å²) in [6.07, 6.45) is 1.96. The average molecular weight is 380 g/mol. The number of carbonyl (C=O) groups excluding carboxylic acids is 3. The Morgan fingerprint density at radius 1 is 1.00 bits per heavy atom. The molecule has 2 N–H and O–H groups in total. The molecule has 6 nitrogen and oxygen atoms in total. The predicted molar refractivity (Wildman–Crippen MR) is 106 cm³/mol. The second-order valence-corrected chi connectivity index (χ2v) is 7.41. The van der Waals surface area contributed by atoms with Crippen LogP contribution >= 0.6 is 0 Å². The zero-order chi connectivity index (χ0) is 20.1. The van der Waals surface area contributed by atoms with Gasteiger partial charge in [0.05, 0.1) is 16.7 Å². The van der Waals surface area contributed by atoms with E-state index in [4.69, 9.17) is 4.74 Å². The van der Waals surface area contributed by atoms with Crippen LogP contribution in [-0.4, -0.2) is 30.4 Å². The summed E-state index contributed by atoms with van der Waals surface area (Å²) in [4.78, 5) is 37.0. The molecule has 0 bridgehead atoms. The highest BCUT2D eigenvalue weighted by atomic mass is 16.5. The molecule has 0 heterocycles. The number of para-hydroxylation sites is 1. The van der Waals surface area contributed by atoms with E-state index in [0.717, 1.165) is 18.4 Å². The molecular weight excluding hydrogens is 356 g/mol. The second kappa shape index (κ2) is 8.25. The number of ether oxygens (including phenoxy) is 1. The van der Waals surface area contributed by atoms with E-state index in [9.17, 15) is 14.4 Å². The van der Waals surface area contributed by atoms with Gasteiger partial charge in [-0.3, -0.25) is 14.4 Å². The standard InChI is InChI=1S/C22H24N2O4/c1-22(2,15-8-4-3-5-9-15)21(27)28-14-19(25)24-18-11-7-6-10-17(18)20(26)23-16-12-13-16/h3-11,16H,12-14H2,1-2H3,(H,23,26)(H,24,25). The van der Waals surface area contributed by atoms with E-state index in [1.165, 1.54) is 0 Å². The number of hydrogen-bond donors (Lipinski definition) is 2. The molecular formula is C22H24N2O4. The average Bonchev–Trinajstić information content (AvgIpc) is 3.51. The summed E-state index contributed by atoms with van der Waals surface area (Å²) in [6, 6.07) is 16.2. The van der Waals surface area contributed by atoms with Crippen molar-refractivity contribution in [1.82, 2.24) is 5.32 Å². The Labute approximate surface area is 164 Å². The van der Waals surface area contributed by atoms with Crippen LogP contribution in [-0.2, 0) is 19.7 Å². The first-order valence-electron chi connectivity index (χ1n) is 9.30. The molecule has 1 fully saturated rings. The highest BCUT2D eigenvalue weighted by molar-refractivity contribution is 6.04. The minimum Gasteiger partial charge on any atom is -0.455 e. The molecule has 6 heteroatoms. The first kappa shape index (κ1) is 19.6. The lowest BCUT2D eigenvalue weighted by molar-refractivity contribution is -0.152. The van der Waals surface area contributed by atoms with Crippen LogP contribution in [0.15, 0.2) is 54.6 Å². The van der Waals surface area contributed by atoms with Crippen molar-refractivity contribution in [3.05, 3.63) is 65.7 Å². The minimum atomic E-state index is -0.871. The minimum absolute atomic E-state index is 0.220. The van der Waals surface area contributed by atoms with Gasteiger partial charge in [0.25, 0.3) is 11.8 Å². The fourth-order valence-corrected chi connectivity index (χ4v) is 2.75. The van der Waals surface area contributed by atoms with Crippen molar-refractivity contribution in [1.29, 1.82) is 0 Å². The van der Waals surface area contributed by atoms with Crippen LogP contribution in [0.2, 0.25) is 0 Å². The van der Waals surface area contributed by atoms with Crippen LogP contribution in [0.25, 0.3) is 0 Å². The van der Waals surface area contributed by atoms with Crippen molar-refractivity contribution in [2.75, 3.05) is 11.9 Å². The van der Waals surface area contributed by atoms with E-state index in [-0.39, 0.29) is 11.9 Å². The third-order valence-corrected chi connectivity index (χ3v) is 4.70. The molecule has 1 aliphatic carbocycles. The summed E-state index contributed by atoms with van der Waals surface area (Å²) >= 11 is 0. The Morgan fingerprint density at radius 2 is 1.64 bits per heavy atom. The number of benzene rings is 2. The van der Waals surface area contributed by atoms with Crippen LogP contribution < -0.4 is 10.6 Å². The predicted octanol–water partition coefficient (Wildman–Crippen LogP) is 3.04. The molecule has 146 valence electrons. The largest absolute Gasteiger partial charge is 0.455 e. The van der Waals surface area contributed by atoms with Crippen LogP contribution in [0, 0.1) is 0 Å². The lowest BCUT2D eigenvalue weighted by atomic mass is 9.85. The van der Waals surface area contributed by atoms with Crippen LogP contribution in [0.4, 0.5) is 5.69 Å². The number of hydrogen-bond acceptors (Lipinski definition) is 4. The fourth-order valence-electron chi connectivity index (χ4n) is 2.75. The number of nitrogens with one attached hydrogen (secondary N) is 2. The van der Waals surface area contributed by atoms with Crippen LogP contribution in [0.5, 0.6) is 0 Å². The van der Waals surface area contributed by atoms with E-state index < -0.39 is 23.9 Å². The Bertz CT molecular complexity index is 873. The van der Waals surface area contributed by atoms with Crippen molar-refractivity contribution in [3.8, 4) is 0 Å². The van der Waals surface area contributed by atoms with Gasteiger partial charge >= 0.3 is 5.97 Å². The Hall–Kier alpha value is -3.15. The third-order valence-electron chi connectivity index (χ3n) is 4.70. The smallest absolute Gasteiger partial charge is 0.316 e. The van der Waals surface area contributed by atoms with Gasteiger partial charge < -0.3 is 15.4 Å². The summed E-state index contributed by atoms with van der Waals surface area (Å²) in [5, 5.41) is 5.55. The van der Waals surface area contributed by atoms with Crippen molar-refractivity contribution in [2.45, 2.75) is 38.1 Å². The topological polar surface area (TPSA) is 84.5 Å². The van der Waals surface area contributed by atoms with Crippen molar-refractivity contribution in [3.63, 3.8) is 0 Å². The zero-order valence-electron chi connectivity index (χ0n) is 16.0. The van der Waals surface area contributed by atoms with Crippen LogP contribution in [0.3, 0.4) is 0 Å². The van der Waals surface area contributed by atoms with Crippen molar-refractivity contribution >= 4 is 23.5 Å². The first-order valence-corrected chi connectivity index (χ1v) is 9.30. The summed E-state index contributed by atoms with van der Waals surface area (Å²) in [7, 11) is 0. The highest BCUT2D eigenvalue weighted by Crippen LogP contribution is 2.25. The summed E-state index contributed by atoms with van der Waals surface area (Å²) in [6.45, 7) is 3.08. The molecule has 0 unspecified atom stereocenters. The Balaban J connectivity index is 1.59. The van der Waals surface area contributed by atoms with E-state index in [1.54, 1.807) is 38.1 Å². The molecule has 28 heavy (non-hydrogen) atoms. The summed E-state index contributed by atoms with van der Waals surface area (Å²) in [5.74, 6) is -1.21. The Kier molecular flexibility index (Phi) is 5.78. The molecule has 1 saturated carbocycles. The van der Waals surface area contributed by atoms with Crippen molar-refractivity contribution in [2.24, 2.45) is 0 Å². The normalized spacial score (nSPS) is 13.5. The molecule has 3 rings (SSSR count). The maximum atomic E-state index is 12.5.